The Balaban J connectivity index is 1.69. The number of rotatable bonds is 4. The highest BCUT2D eigenvalue weighted by molar-refractivity contribution is 5.93. The number of hydrogen-bond acceptors (Lipinski definition) is 9. The van der Waals surface area contributed by atoms with Crippen LogP contribution in [-0.4, -0.2) is 68.8 Å². The van der Waals surface area contributed by atoms with E-state index in [4.69, 9.17) is 18.9 Å². The fraction of sp³-hybridized carbons (Fsp3) is 0.586. The third-order valence-corrected chi connectivity index (χ3v) is 9.69. The van der Waals surface area contributed by atoms with Crippen LogP contribution in [0, 0.1) is 23.7 Å². The molecule has 3 aliphatic carbocycles. The van der Waals surface area contributed by atoms with E-state index in [9.17, 15) is 24.9 Å². The SMILES string of the molecule is C=C(C)[C@@]12OC3(c4ccccc4)O[C@@H]1[C@@H]1C=C(CO)[C@@H](O)[C@]4(O)C(=O)[C@@H](C)C[C@H]4[C@@]1(O3)[C@H](C)[C@H]2OC(C)=O. The molecule has 4 fully saturated rings. The maximum absolute atomic E-state index is 13.6. The highest BCUT2D eigenvalue weighted by Gasteiger charge is 2.84. The molecule has 3 N–H and O–H groups in total. The number of carbonyl (C=O) groups is 2. The molecule has 0 radical (unpaired) electrons. The molecule has 1 aromatic rings. The summed E-state index contributed by atoms with van der Waals surface area (Å²) in [6.07, 6.45) is -1.56. The van der Waals surface area contributed by atoms with Gasteiger partial charge in [-0.15, -0.1) is 0 Å². The van der Waals surface area contributed by atoms with Gasteiger partial charge in [-0.25, -0.2) is 0 Å². The largest absolute Gasteiger partial charge is 0.459 e. The average Bonchev–Trinajstić information content (AvgIpc) is 3.26. The molecule has 5 aliphatic rings. The first-order valence-electron chi connectivity index (χ1n) is 13.1. The van der Waals surface area contributed by atoms with Crippen molar-refractivity contribution in [1.82, 2.24) is 0 Å². The van der Waals surface area contributed by atoms with Crippen LogP contribution >= 0.6 is 0 Å². The molecule has 2 aliphatic heterocycles. The summed E-state index contributed by atoms with van der Waals surface area (Å²) in [6.45, 7) is 10.3. The Morgan fingerprint density at radius 1 is 1.18 bits per heavy atom. The van der Waals surface area contributed by atoms with Crippen LogP contribution in [0.25, 0.3) is 0 Å². The Labute approximate surface area is 221 Å². The van der Waals surface area contributed by atoms with E-state index in [-0.39, 0.29) is 12.0 Å². The smallest absolute Gasteiger partial charge is 0.314 e. The minimum atomic E-state index is -2.24. The summed E-state index contributed by atoms with van der Waals surface area (Å²) in [5.74, 6) is -5.66. The first-order valence-corrected chi connectivity index (χ1v) is 13.1. The molecule has 2 saturated heterocycles. The Hall–Kier alpha value is -2.40. The first kappa shape index (κ1) is 25.9. The summed E-state index contributed by atoms with van der Waals surface area (Å²) in [6, 6.07) is 9.07. The van der Waals surface area contributed by atoms with Crippen molar-refractivity contribution in [2.75, 3.05) is 6.61 Å². The predicted molar refractivity (Wildman–Crippen MR) is 132 cm³/mol. The quantitative estimate of drug-likeness (QED) is 0.397. The lowest BCUT2D eigenvalue weighted by atomic mass is 9.53. The van der Waals surface area contributed by atoms with Crippen LogP contribution in [0.4, 0.5) is 0 Å². The fourth-order valence-corrected chi connectivity index (χ4v) is 8.12. The Morgan fingerprint density at radius 2 is 1.87 bits per heavy atom. The number of aliphatic hydroxyl groups is 3. The van der Waals surface area contributed by atoms with E-state index in [0.29, 0.717) is 11.1 Å². The van der Waals surface area contributed by atoms with Crippen LogP contribution in [-0.2, 0) is 34.5 Å². The summed E-state index contributed by atoms with van der Waals surface area (Å²) < 4.78 is 26.4. The van der Waals surface area contributed by atoms with Gasteiger partial charge in [0.1, 0.15) is 18.3 Å². The number of hydrogen-bond donors (Lipinski definition) is 3. The van der Waals surface area contributed by atoms with Gasteiger partial charge in [-0.1, -0.05) is 56.8 Å². The standard InChI is InChI=1S/C29H34O9/c1-14(2)27-24(35-17(5)31)16(4)28-20(25(27)36-29(37-27,38-28)19-9-7-6-8-10-19)12-18(13-30)23(33)26(34)21(28)11-15(3)22(26)32/h6-10,12,15-16,20-21,23-25,30,33-34H,1,11,13H2,2-5H3/t15-,16+,20-,21+,23+,24+,25+,26+,27-,28+,29?/m0/s1. The number of aliphatic hydroxyl groups excluding tert-OH is 2. The van der Waals surface area contributed by atoms with Gasteiger partial charge in [0.25, 0.3) is 0 Å². The lowest BCUT2D eigenvalue weighted by Crippen LogP contribution is -2.75. The van der Waals surface area contributed by atoms with E-state index in [0.717, 1.165) is 0 Å². The van der Waals surface area contributed by atoms with Crippen molar-refractivity contribution in [3.8, 4) is 0 Å². The van der Waals surface area contributed by atoms with Crippen LogP contribution in [0.15, 0.2) is 54.1 Å². The maximum atomic E-state index is 13.6. The molecule has 9 nitrogen and oxygen atoms in total. The summed E-state index contributed by atoms with van der Waals surface area (Å²) in [5, 5.41) is 33.8. The first-order chi connectivity index (χ1) is 17.9. The number of Topliss-reactive ketones (excluding diaryl/α,β-unsaturated/α-hetero) is 1. The molecule has 1 aromatic carbocycles. The monoisotopic (exact) mass is 526 g/mol. The summed E-state index contributed by atoms with van der Waals surface area (Å²) in [7, 11) is 0. The zero-order valence-electron chi connectivity index (χ0n) is 21.9. The van der Waals surface area contributed by atoms with Gasteiger partial charge in [-0.2, -0.15) is 0 Å². The molecule has 9 heteroatoms. The molecule has 11 atom stereocenters. The molecule has 38 heavy (non-hydrogen) atoms. The van der Waals surface area contributed by atoms with Crippen molar-refractivity contribution >= 4 is 11.8 Å². The van der Waals surface area contributed by atoms with E-state index in [2.05, 4.69) is 6.58 Å². The van der Waals surface area contributed by atoms with E-state index in [1.165, 1.54) is 6.92 Å². The van der Waals surface area contributed by atoms with E-state index >= 15 is 0 Å². The highest BCUT2D eigenvalue weighted by atomic mass is 16.9. The van der Waals surface area contributed by atoms with Crippen LogP contribution in [0.2, 0.25) is 0 Å². The predicted octanol–water partition coefficient (Wildman–Crippen LogP) is 1.74. The second-order valence-electron chi connectivity index (χ2n) is 11.6. The molecule has 0 amide bonds. The van der Waals surface area contributed by atoms with Gasteiger partial charge in [-0.05, 0) is 24.5 Å². The average molecular weight is 527 g/mol. The number of fused-ring (bicyclic) bond motifs is 2. The Bertz CT molecular complexity index is 1240. The number of esters is 1. The second-order valence-corrected chi connectivity index (χ2v) is 11.6. The van der Waals surface area contributed by atoms with Crippen molar-refractivity contribution in [2.24, 2.45) is 23.7 Å². The Morgan fingerprint density at radius 3 is 2.47 bits per heavy atom. The number of ether oxygens (including phenoxy) is 4. The van der Waals surface area contributed by atoms with Gasteiger partial charge in [0.05, 0.1) is 12.2 Å². The second kappa shape index (κ2) is 8.06. The van der Waals surface area contributed by atoms with E-state index in [1.807, 2.05) is 25.1 Å². The molecule has 0 aromatic heterocycles. The molecule has 6 rings (SSSR count). The van der Waals surface area contributed by atoms with E-state index < -0.39 is 83.1 Å². The summed E-state index contributed by atoms with van der Waals surface area (Å²) >= 11 is 0. The lowest BCUT2D eigenvalue weighted by Gasteiger charge is -2.61. The van der Waals surface area contributed by atoms with Crippen molar-refractivity contribution < 1.29 is 43.9 Å². The van der Waals surface area contributed by atoms with Gasteiger partial charge in [-0.3, -0.25) is 9.59 Å². The maximum Gasteiger partial charge on any atom is 0.314 e. The molecule has 2 heterocycles. The normalized spacial score (nSPS) is 48.7. The summed E-state index contributed by atoms with van der Waals surface area (Å²) in [4.78, 5) is 26.0. The fourth-order valence-electron chi connectivity index (χ4n) is 8.12. The van der Waals surface area contributed by atoms with Crippen molar-refractivity contribution in [3.63, 3.8) is 0 Å². The van der Waals surface area contributed by atoms with Crippen LogP contribution < -0.4 is 0 Å². The summed E-state index contributed by atoms with van der Waals surface area (Å²) in [5.41, 5.74) is -3.78. The molecule has 2 saturated carbocycles. The topological polar surface area (TPSA) is 132 Å². The third-order valence-electron chi connectivity index (χ3n) is 9.69. The van der Waals surface area contributed by atoms with Gasteiger partial charge in [0.2, 0.25) is 0 Å². The van der Waals surface area contributed by atoms with Crippen LogP contribution in [0.5, 0.6) is 0 Å². The minimum Gasteiger partial charge on any atom is -0.459 e. The molecular formula is C29H34O9. The van der Waals surface area contributed by atoms with Gasteiger partial charge in [0, 0.05) is 36.2 Å². The third kappa shape index (κ3) is 2.82. The zero-order chi connectivity index (χ0) is 27.4. The van der Waals surface area contributed by atoms with Crippen molar-refractivity contribution in [2.45, 2.75) is 75.2 Å². The molecule has 1 unspecified atom stereocenters. The minimum absolute atomic E-state index is 0.104. The Kier molecular flexibility index (Phi) is 5.49. The molecule has 204 valence electrons. The lowest BCUT2D eigenvalue weighted by molar-refractivity contribution is -0.437. The zero-order valence-corrected chi connectivity index (χ0v) is 21.9. The van der Waals surface area contributed by atoms with Crippen LogP contribution in [0.3, 0.4) is 0 Å². The van der Waals surface area contributed by atoms with Gasteiger partial charge in [0.15, 0.2) is 17.0 Å². The van der Waals surface area contributed by atoms with Crippen molar-refractivity contribution in [3.05, 3.63) is 59.7 Å². The van der Waals surface area contributed by atoms with Gasteiger partial charge < -0.3 is 34.3 Å². The van der Waals surface area contributed by atoms with Crippen LogP contribution in [0.1, 0.15) is 39.7 Å². The van der Waals surface area contributed by atoms with Gasteiger partial charge >= 0.3 is 11.9 Å². The molecule has 3 bridgehead atoms. The number of carbonyl (C=O) groups excluding carboxylic acids is 2. The number of benzene rings is 1. The van der Waals surface area contributed by atoms with Crippen molar-refractivity contribution in [1.29, 1.82) is 0 Å². The van der Waals surface area contributed by atoms with E-state index in [1.54, 1.807) is 32.1 Å². The highest BCUT2D eigenvalue weighted by Crippen LogP contribution is 2.70. The molecular weight excluding hydrogens is 492 g/mol. The number of ketones is 1. The molecule has 0 spiro atoms.